The van der Waals surface area contributed by atoms with E-state index in [9.17, 15) is 9.59 Å². The maximum absolute atomic E-state index is 11.2. The molecule has 0 atom stereocenters. The Balaban J connectivity index is 3.67. The molecule has 4 nitrogen and oxygen atoms in total. The minimum absolute atomic E-state index is 0.0762. The van der Waals surface area contributed by atoms with Crippen LogP contribution in [0.5, 0.6) is 0 Å². The van der Waals surface area contributed by atoms with Crippen molar-refractivity contribution in [1.29, 1.82) is 0 Å². The van der Waals surface area contributed by atoms with Crippen LogP contribution < -0.4 is 10.6 Å². The molecular weight excluding hydrogens is 236 g/mol. The molecule has 0 aliphatic rings. The van der Waals surface area contributed by atoms with Gasteiger partial charge in [-0.05, 0) is 13.8 Å². The fourth-order valence-corrected chi connectivity index (χ4v) is 0.765. The highest BCUT2D eigenvalue weighted by Gasteiger charge is 2.22. The Labute approximate surface area is 86.6 Å². The minimum atomic E-state index is -0.574. The highest BCUT2D eigenvalue weighted by molar-refractivity contribution is 9.10. The van der Waals surface area contributed by atoms with Crippen LogP contribution in [0.2, 0.25) is 0 Å². The average molecular weight is 251 g/mol. The quantitative estimate of drug-likeness (QED) is 0.711. The second-order valence-corrected chi connectivity index (χ2v) is 5.13. The van der Waals surface area contributed by atoms with Crippen LogP contribution in [0.15, 0.2) is 0 Å². The van der Waals surface area contributed by atoms with Crippen LogP contribution in [0.1, 0.15) is 20.3 Å². The van der Waals surface area contributed by atoms with Crippen molar-refractivity contribution in [2.45, 2.75) is 24.6 Å². The Hall–Kier alpha value is -0.580. The van der Waals surface area contributed by atoms with Crippen molar-refractivity contribution >= 4 is 27.7 Å². The van der Waals surface area contributed by atoms with Crippen molar-refractivity contribution in [3.63, 3.8) is 0 Å². The Morgan fingerprint density at radius 1 is 1.38 bits per heavy atom. The molecule has 0 unspecified atom stereocenters. The van der Waals surface area contributed by atoms with Gasteiger partial charge in [0.2, 0.25) is 11.8 Å². The van der Waals surface area contributed by atoms with Gasteiger partial charge in [-0.25, -0.2) is 0 Å². The number of hydrogen-bond acceptors (Lipinski definition) is 2. The molecule has 2 amide bonds. The Morgan fingerprint density at radius 3 is 2.31 bits per heavy atom. The van der Waals surface area contributed by atoms with E-state index in [4.69, 9.17) is 0 Å². The Kier molecular flexibility index (Phi) is 4.98. The van der Waals surface area contributed by atoms with Gasteiger partial charge in [0.15, 0.2) is 0 Å². The van der Waals surface area contributed by atoms with Crippen molar-refractivity contribution in [2.24, 2.45) is 0 Å². The van der Waals surface area contributed by atoms with E-state index in [2.05, 4.69) is 26.6 Å². The number of rotatable bonds is 4. The van der Waals surface area contributed by atoms with Gasteiger partial charge < -0.3 is 10.6 Å². The standard InChI is InChI=1S/C8H15BrN2O2/c1-8(2,9)7(13)11-5-4-6(12)10-3/h4-5H2,1-3H3,(H,10,12)(H,11,13). The first-order valence-corrected chi connectivity index (χ1v) is 4.85. The SMILES string of the molecule is CNC(=O)CCNC(=O)C(C)(C)Br. The van der Waals surface area contributed by atoms with E-state index in [-0.39, 0.29) is 11.8 Å². The van der Waals surface area contributed by atoms with E-state index in [0.717, 1.165) is 0 Å². The van der Waals surface area contributed by atoms with Crippen LogP contribution in [-0.2, 0) is 9.59 Å². The summed E-state index contributed by atoms with van der Waals surface area (Å²) >= 11 is 3.22. The van der Waals surface area contributed by atoms with E-state index < -0.39 is 4.32 Å². The predicted molar refractivity (Wildman–Crippen MR) is 54.7 cm³/mol. The summed E-state index contributed by atoms with van der Waals surface area (Å²) in [5.74, 6) is -0.191. The monoisotopic (exact) mass is 250 g/mol. The zero-order valence-corrected chi connectivity index (χ0v) is 9.69. The number of amides is 2. The predicted octanol–water partition coefficient (Wildman–Crippen LogP) is 0.412. The molecule has 0 radical (unpaired) electrons. The number of hydrogen-bond donors (Lipinski definition) is 2. The second kappa shape index (κ2) is 5.21. The van der Waals surface area contributed by atoms with Gasteiger partial charge in [0.25, 0.3) is 0 Å². The van der Waals surface area contributed by atoms with Crippen LogP contribution in [0.4, 0.5) is 0 Å². The molecule has 5 heteroatoms. The second-order valence-electron chi connectivity index (χ2n) is 3.15. The van der Waals surface area contributed by atoms with E-state index >= 15 is 0 Å². The molecule has 2 N–H and O–H groups in total. The van der Waals surface area contributed by atoms with E-state index in [1.807, 2.05) is 0 Å². The summed E-state index contributed by atoms with van der Waals surface area (Å²) in [7, 11) is 1.57. The van der Waals surface area contributed by atoms with E-state index in [1.165, 1.54) is 0 Å². The molecule has 0 saturated heterocycles. The molecule has 0 bridgehead atoms. The van der Waals surface area contributed by atoms with Gasteiger partial charge in [0.1, 0.15) is 0 Å². The van der Waals surface area contributed by atoms with Gasteiger partial charge in [0.05, 0.1) is 4.32 Å². The maximum Gasteiger partial charge on any atom is 0.236 e. The van der Waals surface area contributed by atoms with Crippen molar-refractivity contribution in [3.8, 4) is 0 Å². The molecule has 0 aromatic heterocycles. The zero-order chi connectivity index (χ0) is 10.5. The lowest BCUT2D eigenvalue weighted by Gasteiger charge is -2.15. The van der Waals surface area contributed by atoms with Gasteiger partial charge in [-0.2, -0.15) is 0 Å². The lowest BCUT2D eigenvalue weighted by molar-refractivity contribution is -0.123. The molecule has 0 spiro atoms. The van der Waals surface area contributed by atoms with Crippen molar-refractivity contribution < 1.29 is 9.59 Å². The molecule has 0 heterocycles. The van der Waals surface area contributed by atoms with Gasteiger partial charge in [-0.1, -0.05) is 15.9 Å². The minimum Gasteiger partial charge on any atom is -0.359 e. The van der Waals surface area contributed by atoms with Gasteiger partial charge in [-0.3, -0.25) is 9.59 Å². The Bertz CT molecular complexity index is 199. The van der Waals surface area contributed by atoms with Gasteiger partial charge in [-0.15, -0.1) is 0 Å². The lowest BCUT2D eigenvalue weighted by Crippen LogP contribution is -2.39. The summed E-state index contributed by atoms with van der Waals surface area (Å²) in [5, 5.41) is 5.12. The summed E-state index contributed by atoms with van der Waals surface area (Å²) in [4.78, 5) is 22.0. The fraction of sp³-hybridized carbons (Fsp3) is 0.750. The lowest BCUT2D eigenvalue weighted by atomic mass is 10.2. The van der Waals surface area contributed by atoms with Gasteiger partial charge in [0, 0.05) is 20.0 Å². The number of nitrogens with one attached hydrogen (secondary N) is 2. The smallest absolute Gasteiger partial charge is 0.236 e. The first kappa shape index (κ1) is 12.4. The molecule has 0 fully saturated rings. The largest absolute Gasteiger partial charge is 0.359 e. The molecule has 0 aromatic carbocycles. The maximum atomic E-state index is 11.2. The molecule has 0 aliphatic carbocycles. The van der Waals surface area contributed by atoms with Crippen LogP contribution in [0.25, 0.3) is 0 Å². The molecule has 0 aliphatic heterocycles. The Morgan fingerprint density at radius 2 is 1.92 bits per heavy atom. The highest BCUT2D eigenvalue weighted by atomic mass is 79.9. The van der Waals surface area contributed by atoms with Crippen molar-refractivity contribution in [2.75, 3.05) is 13.6 Å². The molecule has 0 saturated carbocycles. The summed E-state index contributed by atoms with van der Waals surface area (Å²) in [6, 6.07) is 0. The number of alkyl halides is 1. The van der Waals surface area contributed by atoms with Crippen LogP contribution in [-0.4, -0.2) is 29.7 Å². The third kappa shape index (κ3) is 5.63. The van der Waals surface area contributed by atoms with Crippen LogP contribution >= 0.6 is 15.9 Å². The highest BCUT2D eigenvalue weighted by Crippen LogP contribution is 2.14. The zero-order valence-electron chi connectivity index (χ0n) is 8.11. The summed E-state index contributed by atoms with van der Waals surface area (Å²) < 4.78 is -0.574. The normalized spacial score (nSPS) is 10.8. The molecule has 0 aromatic rings. The van der Waals surface area contributed by atoms with Crippen LogP contribution in [0.3, 0.4) is 0 Å². The number of carbonyl (C=O) groups excluding carboxylic acids is 2. The average Bonchev–Trinajstić information content (AvgIpc) is 2.02. The van der Waals surface area contributed by atoms with Crippen molar-refractivity contribution in [3.05, 3.63) is 0 Å². The molecule has 13 heavy (non-hydrogen) atoms. The molecule has 76 valence electrons. The third-order valence-corrected chi connectivity index (χ3v) is 1.82. The third-order valence-electron chi connectivity index (χ3n) is 1.46. The summed E-state index contributed by atoms with van der Waals surface area (Å²) in [6.07, 6.45) is 0.311. The first-order chi connectivity index (χ1) is 5.88. The van der Waals surface area contributed by atoms with Crippen molar-refractivity contribution in [1.82, 2.24) is 10.6 Å². The number of halogens is 1. The topological polar surface area (TPSA) is 58.2 Å². The van der Waals surface area contributed by atoms with Crippen LogP contribution in [0, 0.1) is 0 Å². The molecule has 0 rings (SSSR count). The molecular formula is C8H15BrN2O2. The fourth-order valence-electron chi connectivity index (χ4n) is 0.625. The van der Waals surface area contributed by atoms with E-state index in [1.54, 1.807) is 20.9 Å². The number of carbonyl (C=O) groups is 2. The summed E-state index contributed by atoms with van der Waals surface area (Å²) in [6.45, 7) is 3.87. The first-order valence-electron chi connectivity index (χ1n) is 4.05. The van der Waals surface area contributed by atoms with E-state index in [0.29, 0.717) is 13.0 Å². The summed E-state index contributed by atoms with van der Waals surface area (Å²) in [5.41, 5.74) is 0. The van der Waals surface area contributed by atoms with Gasteiger partial charge >= 0.3 is 0 Å².